The minimum atomic E-state index is -4.33. The third-order valence-corrected chi connectivity index (χ3v) is 9.89. The van der Waals surface area contributed by atoms with Crippen LogP contribution in [0.2, 0.25) is 5.02 Å². The highest BCUT2D eigenvalue weighted by Gasteiger charge is 2.35. The first kappa shape index (κ1) is 36.3. The number of amides is 2. The number of halogens is 1. The molecule has 0 bridgehead atoms. The Morgan fingerprint density at radius 2 is 1.58 bits per heavy atom. The molecule has 48 heavy (non-hydrogen) atoms. The summed E-state index contributed by atoms with van der Waals surface area (Å²) >= 11 is 6.38. The number of hydrogen-bond acceptors (Lipinski definition) is 6. The Balaban J connectivity index is 1.85. The highest BCUT2D eigenvalue weighted by atomic mass is 35.5. The fourth-order valence-electron chi connectivity index (χ4n) is 5.24. The van der Waals surface area contributed by atoms with Crippen molar-refractivity contribution in [2.45, 2.75) is 50.6 Å². The van der Waals surface area contributed by atoms with Crippen molar-refractivity contribution < 1.29 is 27.5 Å². The highest BCUT2D eigenvalue weighted by Crippen LogP contribution is 2.35. The molecular weight excluding hydrogens is 650 g/mol. The largest absolute Gasteiger partial charge is 0.497 e. The van der Waals surface area contributed by atoms with Crippen LogP contribution >= 0.6 is 11.6 Å². The third-order valence-electron chi connectivity index (χ3n) is 7.89. The van der Waals surface area contributed by atoms with Gasteiger partial charge in [-0.3, -0.25) is 13.9 Å². The van der Waals surface area contributed by atoms with Gasteiger partial charge in [0.2, 0.25) is 11.8 Å². The maximum atomic E-state index is 14.7. The summed E-state index contributed by atoms with van der Waals surface area (Å²) in [5.74, 6) is -0.140. The molecule has 0 aliphatic heterocycles. The summed E-state index contributed by atoms with van der Waals surface area (Å²) in [7, 11) is -1.37. The van der Waals surface area contributed by atoms with Crippen LogP contribution in [0.1, 0.15) is 36.5 Å². The van der Waals surface area contributed by atoms with E-state index in [-0.39, 0.29) is 40.2 Å². The molecule has 0 radical (unpaired) electrons. The van der Waals surface area contributed by atoms with Gasteiger partial charge in [-0.25, -0.2) is 8.42 Å². The van der Waals surface area contributed by atoms with Gasteiger partial charge in [0.25, 0.3) is 10.0 Å². The number of benzene rings is 4. The number of unbranched alkanes of at least 4 members (excludes halogenated alkanes) is 1. The molecule has 0 saturated carbocycles. The lowest BCUT2D eigenvalue weighted by molar-refractivity contribution is -0.140. The van der Waals surface area contributed by atoms with Crippen molar-refractivity contribution in [3.05, 3.63) is 119 Å². The molecule has 9 nitrogen and oxygen atoms in total. The molecule has 254 valence electrons. The smallest absolute Gasteiger partial charge is 0.264 e. The van der Waals surface area contributed by atoms with Crippen LogP contribution in [-0.4, -0.2) is 58.5 Å². The van der Waals surface area contributed by atoms with Crippen LogP contribution in [0, 0.1) is 6.92 Å². The van der Waals surface area contributed by atoms with E-state index in [0.717, 1.165) is 28.3 Å². The highest BCUT2D eigenvalue weighted by molar-refractivity contribution is 7.92. The monoisotopic (exact) mass is 691 g/mol. The molecule has 0 unspecified atom stereocenters. The number of anilines is 1. The lowest BCUT2D eigenvalue weighted by Gasteiger charge is -2.34. The van der Waals surface area contributed by atoms with Crippen LogP contribution < -0.4 is 19.1 Å². The molecule has 1 N–H and O–H groups in total. The average Bonchev–Trinajstić information content (AvgIpc) is 3.09. The molecule has 0 saturated heterocycles. The average molecular weight is 692 g/mol. The molecule has 0 fully saturated rings. The summed E-state index contributed by atoms with van der Waals surface area (Å²) in [6.07, 6.45) is 1.86. The molecule has 4 rings (SSSR count). The first-order valence-corrected chi connectivity index (χ1v) is 17.6. The van der Waals surface area contributed by atoms with Gasteiger partial charge in [-0.15, -0.1) is 0 Å². The summed E-state index contributed by atoms with van der Waals surface area (Å²) in [6, 6.07) is 26.6. The second-order valence-corrected chi connectivity index (χ2v) is 13.7. The van der Waals surface area contributed by atoms with E-state index in [2.05, 4.69) is 5.32 Å². The van der Waals surface area contributed by atoms with Gasteiger partial charge in [-0.2, -0.15) is 0 Å². The third kappa shape index (κ3) is 9.29. The molecule has 0 aromatic heterocycles. The first-order valence-electron chi connectivity index (χ1n) is 15.7. The fraction of sp³-hybridized carbons (Fsp3) is 0.297. The zero-order valence-electron chi connectivity index (χ0n) is 27.7. The summed E-state index contributed by atoms with van der Waals surface area (Å²) in [5.41, 5.74) is 2.51. The number of methoxy groups -OCH3 is 2. The molecule has 2 amide bonds. The van der Waals surface area contributed by atoms with E-state index in [0.29, 0.717) is 17.9 Å². The van der Waals surface area contributed by atoms with Crippen LogP contribution in [0.3, 0.4) is 0 Å². The van der Waals surface area contributed by atoms with Crippen molar-refractivity contribution in [3.8, 4) is 11.5 Å². The molecule has 0 aliphatic carbocycles. The Hall–Kier alpha value is -4.54. The summed E-state index contributed by atoms with van der Waals surface area (Å²) in [6.45, 7) is 3.70. The number of carbonyl (C=O) groups excluding carboxylic acids is 2. The van der Waals surface area contributed by atoms with Crippen molar-refractivity contribution in [1.82, 2.24) is 10.2 Å². The van der Waals surface area contributed by atoms with E-state index < -0.39 is 28.5 Å². The predicted molar refractivity (Wildman–Crippen MR) is 189 cm³/mol. The van der Waals surface area contributed by atoms with Gasteiger partial charge in [0.05, 0.1) is 24.8 Å². The van der Waals surface area contributed by atoms with Crippen molar-refractivity contribution >= 4 is 39.1 Å². The summed E-state index contributed by atoms with van der Waals surface area (Å²) in [5, 5.41) is 3.25. The topological polar surface area (TPSA) is 105 Å². The SMILES string of the molecule is CCCCNC(=O)[C@@H](Cc1ccccc1)N(Cc1cccc(OC)c1)C(=O)CN(c1cc(Cl)ccc1OC)S(=O)(=O)c1ccc(C)cc1. The molecular formula is C37H42ClN3O6S. The first-order chi connectivity index (χ1) is 23.1. The number of rotatable bonds is 16. The zero-order chi connectivity index (χ0) is 34.7. The minimum absolute atomic E-state index is 0.0135. The number of sulfonamides is 1. The number of aryl methyl sites for hydroxylation is 1. The second-order valence-electron chi connectivity index (χ2n) is 11.4. The van der Waals surface area contributed by atoms with Crippen molar-refractivity contribution in [2.24, 2.45) is 0 Å². The Kier molecular flexibility index (Phi) is 12.9. The van der Waals surface area contributed by atoms with E-state index in [4.69, 9.17) is 21.1 Å². The standard InChI is InChI=1S/C37H42ClN3O6S/c1-5-6-21-39-37(43)34(23-28-11-8-7-9-12-28)40(25-29-13-10-14-31(22-29)46-3)36(42)26-41(33-24-30(38)17-20-35(33)47-4)48(44,45)32-18-15-27(2)16-19-32/h7-20,22,24,34H,5-6,21,23,25-26H2,1-4H3,(H,39,43)/t34-/m1/s1. The van der Waals surface area contributed by atoms with Crippen LogP contribution in [0.4, 0.5) is 5.69 Å². The Morgan fingerprint density at radius 3 is 2.25 bits per heavy atom. The molecule has 0 aliphatic rings. The normalized spacial score (nSPS) is 11.8. The van der Waals surface area contributed by atoms with Crippen LogP contribution in [0.5, 0.6) is 11.5 Å². The maximum Gasteiger partial charge on any atom is 0.264 e. The van der Waals surface area contributed by atoms with Crippen LogP contribution in [0.25, 0.3) is 0 Å². The van der Waals surface area contributed by atoms with Crippen LogP contribution in [0.15, 0.2) is 102 Å². The summed E-state index contributed by atoms with van der Waals surface area (Å²) in [4.78, 5) is 30.1. The van der Waals surface area contributed by atoms with Crippen molar-refractivity contribution in [3.63, 3.8) is 0 Å². The quantitative estimate of drug-likeness (QED) is 0.136. The van der Waals surface area contributed by atoms with Gasteiger partial charge in [0, 0.05) is 24.5 Å². The van der Waals surface area contributed by atoms with E-state index in [1.807, 2.05) is 50.2 Å². The minimum Gasteiger partial charge on any atom is -0.497 e. The van der Waals surface area contributed by atoms with Gasteiger partial charge in [0.15, 0.2) is 0 Å². The number of hydrogen-bond donors (Lipinski definition) is 1. The number of nitrogens with one attached hydrogen (secondary N) is 1. The van der Waals surface area contributed by atoms with Crippen LogP contribution in [-0.2, 0) is 32.6 Å². The van der Waals surface area contributed by atoms with Gasteiger partial charge in [0.1, 0.15) is 24.1 Å². The molecule has 4 aromatic carbocycles. The van der Waals surface area contributed by atoms with Gasteiger partial charge in [-0.05, 0) is 66.9 Å². The van der Waals surface area contributed by atoms with Gasteiger partial charge >= 0.3 is 0 Å². The van der Waals surface area contributed by atoms with E-state index in [1.54, 1.807) is 49.6 Å². The second kappa shape index (κ2) is 17.0. The number of carbonyl (C=O) groups is 2. The van der Waals surface area contributed by atoms with E-state index >= 15 is 0 Å². The lowest BCUT2D eigenvalue weighted by atomic mass is 10.0. The van der Waals surface area contributed by atoms with Gasteiger partial charge < -0.3 is 19.7 Å². The van der Waals surface area contributed by atoms with Gasteiger partial charge in [-0.1, -0.05) is 85.1 Å². The Labute approximate surface area is 288 Å². The molecule has 1 atom stereocenters. The molecule has 11 heteroatoms. The van der Waals surface area contributed by atoms with E-state index in [1.165, 1.54) is 30.2 Å². The Morgan fingerprint density at radius 1 is 0.875 bits per heavy atom. The number of ether oxygens (including phenoxy) is 2. The van der Waals surface area contributed by atoms with E-state index in [9.17, 15) is 18.0 Å². The zero-order valence-corrected chi connectivity index (χ0v) is 29.3. The molecule has 4 aromatic rings. The fourth-order valence-corrected chi connectivity index (χ4v) is 6.82. The number of nitrogens with zero attached hydrogens (tertiary/aromatic N) is 2. The Bertz CT molecular complexity index is 1780. The molecule has 0 spiro atoms. The lowest BCUT2D eigenvalue weighted by Crippen LogP contribution is -2.53. The predicted octanol–water partition coefficient (Wildman–Crippen LogP) is 6.42. The molecule has 0 heterocycles. The van der Waals surface area contributed by atoms with Crippen molar-refractivity contribution in [2.75, 3.05) is 31.6 Å². The summed E-state index contributed by atoms with van der Waals surface area (Å²) < 4.78 is 40.7. The van der Waals surface area contributed by atoms with Crippen molar-refractivity contribution in [1.29, 1.82) is 0 Å². The maximum absolute atomic E-state index is 14.7.